The van der Waals surface area contributed by atoms with Crippen molar-refractivity contribution >= 4 is 10.8 Å². The van der Waals surface area contributed by atoms with E-state index in [2.05, 4.69) is 84.9 Å². The molecule has 272 valence electrons. The second-order valence-corrected chi connectivity index (χ2v) is 13.9. The predicted octanol–water partition coefficient (Wildman–Crippen LogP) is 12.5. The Morgan fingerprint density at radius 2 is 0.466 bits per heavy atom. The van der Waals surface area contributed by atoms with Crippen molar-refractivity contribution in [1.82, 2.24) is 29.9 Å². The molecular weight excluding hydrogens is 709 g/mol. The molecule has 0 atom stereocenters. The summed E-state index contributed by atoms with van der Waals surface area (Å²) in [4.78, 5) is 29.6. The Kier molecular flexibility index (Phi) is 9.10. The van der Waals surface area contributed by atoms with Crippen LogP contribution in [0.15, 0.2) is 206 Å². The second-order valence-electron chi connectivity index (χ2n) is 13.9. The van der Waals surface area contributed by atoms with Crippen LogP contribution >= 0.6 is 0 Å². The molecule has 0 unspecified atom stereocenters. The maximum Gasteiger partial charge on any atom is 0.164 e. The van der Waals surface area contributed by atoms with Crippen molar-refractivity contribution in [2.45, 2.75) is 0 Å². The summed E-state index contributed by atoms with van der Waals surface area (Å²) >= 11 is 0. The maximum absolute atomic E-state index is 4.98. The molecule has 0 aliphatic heterocycles. The standard InChI is InChI=1S/C52H34N6/c1-5-16-36(17-6-1)47-53-48(37-18-7-2-8-19-37)56-51(55-47)40-32-30-35(31-33-40)43-26-14-29-46-44(27-15-28-45(43)46)41-24-13-25-42(34-41)52-57-49(38-20-9-3-10-21-38)54-50(58-52)39-22-11-4-12-23-39/h1-34H. The van der Waals surface area contributed by atoms with Gasteiger partial charge in [0.15, 0.2) is 34.9 Å². The summed E-state index contributed by atoms with van der Waals surface area (Å²) < 4.78 is 0. The van der Waals surface area contributed by atoms with E-state index in [1.807, 2.05) is 121 Å². The molecule has 0 aliphatic rings. The van der Waals surface area contributed by atoms with Gasteiger partial charge in [0.05, 0.1) is 0 Å². The summed E-state index contributed by atoms with van der Waals surface area (Å²) in [6.07, 6.45) is 0. The molecule has 0 saturated carbocycles. The molecular formula is C52H34N6. The average molecular weight is 743 g/mol. The summed E-state index contributed by atoms with van der Waals surface area (Å²) in [6, 6.07) is 70.2. The summed E-state index contributed by atoms with van der Waals surface area (Å²) in [7, 11) is 0. The SMILES string of the molecule is c1ccc(-c2nc(-c3ccccc3)nc(-c3ccc(-c4cccc5c(-c6cccc(-c7nc(-c8ccccc8)nc(-c8ccccc8)n7)c6)cccc45)cc3)n2)cc1. The maximum atomic E-state index is 4.98. The number of fused-ring (bicyclic) bond motifs is 1. The highest BCUT2D eigenvalue weighted by atomic mass is 15.0. The first-order valence-electron chi connectivity index (χ1n) is 19.2. The molecule has 2 aromatic heterocycles. The van der Waals surface area contributed by atoms with Crippen LogP contribution in [0, 0.1) is 0 Å². The summed E-state index contributed by atoms with van der Waals surface area (Å²) in [5, 5.41) is 2.32. The highest BCUT2D eigenvalue weighted by Gasteiger charge is 2.16. The van der Waals surface area contributed by atoms with Crippen LogP contribution in [0.1, 0.15) is 0 Å². The lowest BCUT2D eigenvalue weighted by molar-refractivity contribution is 1.07. The molecule has 0 spiro atoms. The highest BCUT2D eigenvalue weighted by Crippen LogP contribution is 2.37. The zero-order valence-electron chi connectivity index (χ0n) is 31.3. The van der Waals surface area contributed by atoms with E-state index in [9.17, 15) is 0 Å². The van der Waals surface area contributed by atoms with Crippen molar-refractivity contribution in [3.63, 3.8) is 0 Å². The van der Waals surface area contributed by atoms with Gasteiger partial charge in [-0.05, 0) is 39.1 Å². The highest BCUT2D eigenvalue weighted by molar-refractivity contribution is 6.04. The second kappa shape index (κ2) is 15.3. The minimum absolute atomic E-state index is 0.625. The minimum atomic E-state index is 0.625. The molecule has 0 amide bonds. The van der Waals surface area contributed by atoms with Gasteiger partial charge in [0.2, 0.25) is 0 Å². The Bertz CT molecular complexity index is 2910. The largest absolute Gasteiger partial charge is 0.208 e. The average Bonchev–Trinajstić information content (AvgIpc) is 3.32. The van der Waals surface area contributed by atoms with Crippen LogP contribution in [0.25, 0.3) is 101 Å². The molecule has 0 fully saturated rings. The number of hydrogen-bond donors (Lipinski definition) is 0. The van der Waals surface area contributed by atoms with Crippen molar-refractivity contribution in [1.29, 1.82) is 0 Å². The minimum Gasteiger partial charge on any atom is -0.208 e. The first-order valence-corrected chi connectivity index (χ1v) is 19.2. The van der Waals surface area contributed by atoms with Gasteiger partial charge in [-0.25, -0.2) is 29.9 Å². The van der Waals surface area contributed by atoms with Crippen LogP contribution in [-0.4, -0.2) is 29.9 Å². The van der Waals surface area contributed by atoms with Crippen LogP contribution in [0.5, 0.6) is 0 Å². The van der Waals surface area contributed by atoms with E-state index in [1.165, 1.54) is 0 Å². The van der Waals surface area contributed by atoms with E-state index in [4.69, 9.17) is 29.9 Å². The molecule has 0 bridgehead atoms. The van der Waals surface area contributed by atoms with Crippen LogP contribution in [0.3, 0.4) is 0 Å². The van der Waals surface area contributed by atoms with Crippen molar-refractivity contribution in [2.75, 3.05) is 0 Å². The Labute approximate surface area is 336 Å². The lowest BCUT2D eigenvalue weighted by atomic mass is 9.92. The number of benzene rings is 8. The van der Waals surface area contributed by atoms with Crippen LogP contribution < -0.4 is 0 Å². The number of rotatable bonds is 8. The number of aromatic nitrogens is 6. The topological polar surface area (TPSA) is 77.3 Å². The fourth-order valence-corrected chi connectivity index (χ4v) is 7.31. The van der Waals surface area contributed by atoms with Gasteiger partial charge in [-0.1, -0.05) is 200 Å². The van der Waals surface area contributed by atoms with E-state index < -0.39 is 0 Å². The Hall–Kier alpha value is -7.96. The Morgan fingerprint density at radius 1 is 0.190 bits per heavy atom. The molecule has 0 radical (unpaired) electrons. The summed E-state index contributed by atoms with van der Waals surface area (Å²) in [5.74, 6) is 3.81. The molecule has 0 saturated heterocycles. The molecule has 0 aliphatic carbocycles. The number of nitrogens with zero attached hydrogens (tertiary/aromatic N) is 6. The van der Waals surface area contributed by atoms with Crippen LogP contribution in [0.2, 0.25) is 0 Å². The molecule has 0 N–H and O–H groups in total. The van der Waals surface area contributed by atoms with Crippen LogP contribution in [0.4, 0.5) is 0 Å². The van der Waals surface area contributed by atoms with Crippen molar-refractivity contribution in [3.8, 4) is 90.6 Å². The first kappa shape index (κ1) is 34.5. The van der Waals surface area contributed by atoms with Crippen LogP contribution in [-0.2, 0) is 0 Å². The molecule has 10 rings (SSSR count). The van der Waals surface area contributed by atoms with E-state index in [0.717, 1.165) is 66.4 Å². The summed E-state index contributed by atoms with van der Waals surface area (Å²) in [5.41, 5.74) is 10.1. The lowest BCUT2D eigenvalue weighted by Crippen LogP contribution is -2.00. The fourth-order valence-electron chi connectivity index (χ4n) is 7.31. The third-order valence-corrected chi connectivity index (χ3v) is 10.2. The molecule has 8 aromatic carbocycles. The Balaban J connectivity index is 1.02. The quantitative estimate of drug-likeness (QED) is 0.154. The van der Waals surface area contributed by atoms with Gasteiger partial charge in [0, 0.05) is 33.4 Å². The van der Waals surface area contributed by atoms with Gasteiger partial charge in [0.25, 0.3) is 0 Å². The fraction of sp³-hybridized carbons (Fsp3) is 0. The summed E-state index contributed by atoms with van der Waals surface area (Å²) in [6.45, 7) is 0. The Morgan fingerprint density at radius 3 is 0.862 bits per heavy atom. The number of hydrogen-bond acceptors (Lipinski definition) is 6. The predicted molar refractivity (Wildman–Crippen MR) is 234 cm³/mol. The van der Waals surface area contributed by atoms with Gasteiger partial charge in [-0.15, -0.1) is 0 Å². The van der Waals surface area contributed by atoms with Gasteiger partial charge in [0.1, 0.15) is 0 Å². The molecule has 6 heteroatoms. The molecule has 10 aromatic rings. The first-order chi connectivity index (χ1) is 28.7. The van der Waals surface area contributed by atoms with Gasteiger partial charge < -0.3 is 0 Å². The third-order valence-electron chi connectivity index (χ3n) is 10.2. The molecule has 2 heterocycles. The monoisotopic (exact) mass is 742 g/mol. The molecule has 6 nitrogen and oxygen atoms in total. The lowest BCUT2D eigenvalue weighted by Gasteiger charge is -2.13. The smallest absolute Gasteiger partial charge is 0.164 e. The van der Waals surface area contributed by atoms with Gasteiger partial charge in [-0.2, -0.15) is 0 Å². The normalized spacial score (nSPS) is 11.1. The van der Waals surface area contributed by atoms with Crippen molar-refractivity contribution in [2.24, 2.45) is 0 Å². The van der Waals surface area contributed by atoms with E-state index >= 15 is 0 Å². The molecule has 58 heavy (non-hydrogen) atoms. The van der Waals surface area contributed by atoms with Gasteiger partial charge in [-0.3, -0.25) is 0 Å². The van der Waals surface area contributed by atoms with Gasteiger partial charge >= 0.3 is 0 Å². The van der Waals surface area contributed by atoms with Crippen molar-refractivity contribution < 1.29 is 0 Å². The zero-order valence-corrected chi connectivity index (χ0v) is 31.3. The van der Waals surface area contributed by atoms with E-state index in [-0.39, 0.29) is 0 Å². The van der Waals surface area contributed by atoms with E-state index in [0.29, 0.717) is 34.9 Å². The zero-order chi connectivity index (χ0) is 38.7. The third kappa shape index (κ3) is 6.91. The van der Waals surface area contributed by atoms with Crippen molar-refractivity contribution in [3.05, 3.63) is 206 Å². The van der Waals surface area contributed by atoms with E-state index in [1.54, 1.807) is 0 Å².